The molecule has 0 bridgehead atoms. The fourth-order valence-electron chi connectivity index (χ4n) is 1.84. The Hall–Kier alpha value is -1.84. The van der Waals surface area contributed by atoms with Crippen molar-refractivity contribution in [1.82, 2.24) is 9.97 Å². The Morgan fingerprint density at radius 3 is 2.82 bits per heavy atom. The number of hydrogen-bond donors (Lipinski definition) is 2. The molecule has 17 heavy (non-hydrogen) atoms. The topological polar surface area (TPSA) is 48.9 Å². The average Bonchev–Trinajstić information content (AvgIpc) is 2.60. The van der Waals surface area contributed by atoms with E-state index in [1.807, 2.05) is 13.8 Å². The Labute approximate surface area is 99.3 Å². The molecule has 0 radical (unpaired) electrons. The van der Waals surface area contributed by atoms with E-state index in [4.69, 9.17) is 0 Å². The minimum atomic E-state index is -0.268. The fourth-order valence-corrected chi connectivity index (χ4v) is 1.84. The van der Waals surface area contributed by atoms with Gasteiger partial charge in [-0.2, -0.15) is 4.98 Å². The van der Waals surface area contributed by atoms with Crippen LogP contribution < -0.4 is 0 Å². The van der Waals surface area contributed by atoms with Crippen molar-refractivity contribution in [3.05, 3.63) is 35.3 Å². The number of hydrogen-bond acceptors (Lipinski definition) is 2. The summed E-state index contributed by atoms with van der Waals surface area (Å²) in [7, 11) is 0. The van der Waals surface area contributed by atoms with Crippen LogP contribution in [0, 0.1) is 12.7 Å². The molecule has 2 rings (SSSR count). The average molecular weight is 234 g/mol. The zero-order valence-corrected chi connectivity index (χ0v) is 9.92. The molecule has 1 aromatic carbocycles. The summed E-state index contributed by atoms with van der Waals surface area (Å²) in [5.74, 6) is 0.352. The smallest absolute Gasteiger partial charge is 0.232 e. The third-order valence-corrected chi connectivity index (χ3v) is 2.70. The van der Waals surface area contributed by atoms with Gasteiger partial charge in [-0.05, 0) is 37.1 Å². The van der Waals surface area contributed by atoms with Gasteiger partial charge in [-0.3, -0.25) is 0 Å². The van der Waals surface area contributed by atoms with Gasteiger partial charge in [-0.15, -0.1) is 0 Å². The first-order valence-corrected chi connectivity index (χ1v) is 5.66. The lowest BCUT2D eigenvalue weighted by atomic mass is 10.1. The number of H-pyrrole nitrogens is 1. The molecule has 2 N–H and O–H groups in total. The number of benzene rings is 1. The number of nitrogens with one attached hydrogen (secondary N) is 1. The van der Waals surface area contributed by atoms with Crippen molar-refractivity contribution < 1.29 is 9.50 Å². The molecule has 0 aliphatic rings. The number of nitrogens with zero attached hydrogens (tertiary/aromatic N) is 1. The van der Waals surface area contributed by atoms with Gasteiger partial charge in [0, 0.05) is 5.56 Å². The van der Waals surface area contributed by atoms with Gasteiger partial charge in [0.15, 0.2) is 0 Å². The highest BCUT2D eigenvalue weighted by Gasteiger charge is 2.11. The monoisotopic (exact) mass is 234 g/mol. The Balaban J connectivity index is 2.42. The Bertz CT molecular complexity index is 534. The summed E-state index contributed by atoms with van der Waals surface area (Å²) >= 11 is 0. The van der Waals surface area contributed by atoms with Crippen molar-refractivity contribution in [2.24, 2.45) is 0 Å². The predicted molar refractivity (Wildman–Crippen MR) is 64.4 cm³/mol. The molecule has 0 amide bonds. The van der Waals surface area contributed by atoms with E-state index in [1.165, 1.54) is 12.1 Å². The largest absolute Gasteiger partial charge is 0.492 e. The van der Waals surface area contributed by atoms with Gasteiger partial charge in [0.2, 0.25) is 5.88 Å². The van der Waals surface area contributed by atoms with Crippen LogP contribution in [0.25, 0.3) is 11.4 Å². The molecule has 0 saturated carbocycles. The summed E-state index contributed by atoms with van der Waals surface area (Å²) < 4.78 is 13.0. The minimum absolute atomic E-state index is 0.0329. The summed E-state index contributed by atoms with van der Waals surface area (Å²) in [4.78, 5) is 7.14. The molecule has 0 aliphatic carbocycles. The summed E-state index contributed by atoms with van der Waals surface area (Å²) in [6.07, 6.45) is 1.68. The van der Waals surface area contributed by atoms with Crippen LogP contribution in [0.2, 0.25) is 0 Å². The highest BCUT2D eigenvalue weighted by Crippen LogP contribution is 2.25. The van der Waals surface area contributed by atoms with Gasteiger partial charge >= 0.3 is 0 Å². The number of rotatable bonds is 3. The molecule has 0 fully saturated rings. The standard InChI is InChI=1S/C13H15FN2O/c1-3-4-11-13(17)16-12(15-11)10-6-5-9(14)7-8(10)2/h5-7,17H,3-4H2,1-2H3,(H,15,16). The number of imidazole rings is 1. The van der Waals surface area contributed by atoms with Crippen LogP contribution in [0.4, 0.5) is 4.39 Å². The van der Waals surface area contributed by atoms with Gasteiger partial charge in [0.05, 0.1) is 5.69 Å². The first-order chi connectivity index (χ1) is 8.11. The number of aryl methyl sites for hydroxylation is 2. The van der Waals surface area contributed by atoms with E-state index in [2.05, 4.69) is 9.97 Å². The van der Waals surface area contributed by atoms with Crippen LogP contribution in [0.1, 0.15) is 24.6 Å². The maximum Gasteiger partial charge on any atom is 0.232 e. The first kappa shape index (κ1) is 11.6. The molecule has 0 spiro atoms. The van der Waals surface area contributed by atoms with E-state index in [1.54, 1.807) is 6.07 Å². The summed E-state index contributed by atoms with van der Waals surface area (Å²) in [6.45, 7) is 3.85. The SMILES string of the molecule is CCCc1[nH]c(-c2ccc(F)cc2C)nc1O. The molecule has 1 aromatic heterocycles. The molecule has 1 heterocycles. The molecule has 0 aliphatic heterocycles. The Morgan fingerprint density at radius 1 is 1.41 bits per heavy atom. The molecule has 4 heteroatoms. The molecule has 0 saturated heterocycles. The highest BCUT2D eigenvalue weighted by atomic mass is 19.1. The summed E-state index contributed by atoms with van der Waals surface area (Å²) in [5.41, 5.74) is 2.33. The Morgan fingerprint density at radius 2 is 2.18 bits per heavy atom. The molecular formula is C13H15FN2O. The van der Waals surface area contributed by atoms with E-state index < -0.39 is 0 Å². The molecule has 90 valence electrons. The number of aromatic amines is 1. The van der Waals surface area contributed by atoms with Crippen molar-refractivity contribution >= 4 is 0 Å². The quantitative estimate of drug-likeness (QED) is 0.856. The van der Waals surface area contributed by atoms with Crippen molar-refractivity contribution in [3.8, 4) is 17.3 Å². The van der Waals surface area contributed by atoms with Gasteiger partial charge in [0.25, 0.3) is 0 Å². The van der Waals surface area contributed by atoms with Crippen molar-refractivity contribution in [3.63, 3.8) is 0 Å². The van der Waals surface area contributed by atoms with Crippen LogP contribution >= 0.6 is 0 Å². The highest BCUT2D eigenvalue weighted by molar-refractivity contribution is 5.61. The third kappa shape index (κ3) is 2.30. The zero-order chi connectivity index (χ0) is 12.4. The van der Waals surface area contributed by atoms with Crippen molar-refractivity contribution in [2.75, 3.05) is 0 Å². The second kappa shape index (κ2) is 4.57. The van der Waals surface area contributed by atoms with E-state index >= 15 is 0 Å². The van der Waals surface area contributed by atoms with Gasteiger partial charge in [0.1, 0.15) is 11.6 Å². The van der Waals surface area contributed by atoms with Crippen LogP contribution in [0.15, 0.2) is 18.2 Å². The number of aromatic hydroxyl groups is 1. The lowest BCUT2D eigenvalue weighted by Crippen LogP contribution is -1.88. The van der Waals surface area contributed by atoms with Crippen molar-refractivity contribution in [1.29, 1.82) is 0 Å². The van der Waals surface area contributed by atoms with Crippen LogP contribution in [-0.2, 0) is 6.42 Å². The second-order valence-electron chi connectivity index (χ2n) is 4.10. The maximum absolute atomic E-state index is 13.0. The van der Waals surface area contributed by atoms with Gasteiger partial charge < -0.3 is 10.1 Å². The Kier molecular flexibility index (Phi) is 3.13. The molecular weight excluding hydrogens is 219 g/mol. The summed E-state index contributed by atoms with van der Waals surface area (Å²) in [5, 5.41) is 9.65. The van der Waals surface area contributed by atoms with Gasteiger partial charge in [-0.1, -0.05) is 13.3 Å². The third-order valence-electron chi connectivity index (χ3n) is 2.70. The molecule has 0 atom stereocenters. The van der Waals surface area contributed by atoms with E-state index in [0.717, 1.165) is 29.7 Å². The number of aromatic nitrogens is 2. The van der Waals surface area contributed by atoms with Crippen molar-refractivity contribution in [2.45, 2.75) is 26.7 Å². The van der Waals surface area contributed by atoms with E-state index in [9.17, 15) is 9.50 Å². The second-order valence-corrected chi connectivity index (χ2v) is 4.10. The zero-order valence-electron chi connectivity index (χ0n) is 9.92. The minimum Gasteiger partial charge on any atom is -0.492 e. The maximum atomic E-state index is 13.0. The van der Waals surface area contributed by atoms with Gasteiger partial charge in [-0.25, -0.2) is 4.39 Å². The lowest BCUT2D eigenvalue weighted by Gasteiger charge is -2.01. The summed E-state index contributed by atoms with van der Waals surface area (Å²) in [6, 6.07) is 4.51. The fraction of sp³-hybridized carbons (Fsp3) is 0.308. The molecule has 2 aromatic rings. The number of halogens is 1. The van der Waals surface area contributed by atoms with Crippen LogP contribution in [0.3, 0.4) is 0 Å². The predicted octanol–water partition coefficient (Wildman–Crippen LogP) is 3.18. The first-order valence-electron chi connectivity index (χ1n) is 5.66. The lowest BCUT2D eigenvalue weighted by molar-refractivity contribution is 0.449. The van der Waals surface area contributed by atoms with Crippen LogP contribution in [-0.4, -0.2) is 15.1 Å². The normalized spacial score (nSPS) is 10.8. The molecule has 0 unspecified atom stereocenters. The molecule has 3 nitrogen and oxygen atoms in total. The van der Waals surface area contributed by atoms with Crippen LogP contribution in [0.5, 0.6) is 5.88 Å². The van der Waals surface area contributed by atoms with E-state index in [0.29, 0.717) is 5.82 Å². The van der Waals surface area contributed by atoms with E-state index in [-0.39, 0.29) is 11.7 Å².